The number of rotatable bonds is 7. The third-order valence-electron chi connectivity index (χ3n) is 4.94. The minimum absolute atomic E-state index is 0.00307. The third-order valence-corrected chi connectivity index (χ3v) is 5.85. The summed E-state index contributed by atoms with van der Waals surface area (Å²) in [4.78, 5) is 19.2. The van der Waals surface area contributed by atoms with Crippen LogP contribution < -0.4 is 5.32 Å². The van der Waals surface area contributed by atoms with Gasteiger partial charge in [0.25, 0.3) is 0 Å². The minimum atomic E-state index is -0.252. The Bertz CT molecular complexity index is 736. The van der Waals surface area contributed by atoms with Crippen molar-refractivity contribution in [3.8, 4) is 11.3 Å². The third kappa shape index (κ3) is 4.89. The van der Waals surface area contributed by atoms with Crippen LogP contribution in [0.1, 0.15) is 38.1 Å². The zero-order valence-corrected chi connectivity index (χ0v) is 16.2. The predicted molar refractivity (Wildman–Crippen MR) is 104 cm³/mol. The standard InChI is InChI=1S/C20H26FN3OS/c1-20(2,24-11-3-4-12-24)14-22-18(25)9-10-19-23-17(13-26-19)15-5-7-16(21)8-6-15/h5-8,13H,3-4,9-12,14H2,1-2H3,(H,22,25). The summed E-state index contributed by atoms with van der Waals surface area (Å²) in [6.45, 7) is 7.29. The number of hydrogen-bond donors (Lipinski definition) is 1. The molecule has 0 atom stereocenters. The molecule has 0 aliphatic carbocycles. The molecule has 1 fully saturated rings. The monoisotopic (exact) mass is 375 g/mol. The number of halogens is 1. The molecule has 4 nitrogen and oxygen atoms in total. The van der Waals surface area contributed by atoms with Gasteiger partial charge in [-0.1, -0.05) is 0 Å². The van der Waals surface area contributed by atoms with E-state index in [1.807, 2.05) is 5.38 Å². The molecule has 3 rings (SSSR count). The van der Waals surface area contributed by atoms with Crippen LogP contribution in [0.25, 0.3) is 11.3 Å². The van der Waals surface area contributed by atoms with Crippen molar-refractivity contribution in [3.63, 3.8) is 0 Å². The summed E-state index contributed by atoms with van der Waals surface area (Å²) in [5.41, 5.74) is 1.73. The minimum Gasteiger partial charge on any atom is -0.354 e. The number of carbonyl (C=O) groups excluding carboxylic acids is 1. The van der Waals surface area contributed by atoms with Crippen molar-refractivity contribution in [2.24, 2.45) is 0 Å². The molecule has 0 bridgehead atoms. The highest BCUT2D eigenvalue weighted by Gasteiger charge is 2.29. The van der Waals surface area contributed by atoms with Gasteiger partial charge in [-0.2, -0.15) is 0 Å². The van der Waals surface area contributed by atoms with Gasteiger partial charge in [0, 0.05) is 35.9 Å². The SMILES string of the molecule is CC(C)(CNC(=O)CCc1nc(-c2ccc(F)cc2)cs1)N1CCCC1. The fourth-order valence-electron chi connectivity index (χ4n) is 3.24. The quantitative estimate of drug-likeness (QED) is 0.799. The van der Waals surface area contributed by atoms with E-state index in [1.165, 1.54) is 25.0 Å². The smallest absolute Gasteiger partial charge is 0.220 e. The van der Waals surface area contributed by atoms with Crippen LogP contribution in [0, 0.1) is 5.82 Å². The highest BCUT2D eigenvalue weighted by atomic mass is 32.1. The molecule has 140 valence electrons. The average Bonchev–Trinajstić information content (AvgIpc) is 3.31. The summed E-state index contributed by atoms with van der Waals surface area (Å²) < 4.78 is 13.0. The Kier molecular flexibility index (Phi) is 6.04. The van der Waals surface area contributed by atoms with E-state index in [0.717, 1.165) is 29.4 Å². The van der Waals surface area contributed by atoms with Crippen LogP contribution in [0.3, 0.4) is 0 Å². The van der Waals surface area contributed by atoms with Crippen LogP contribution in [0.5, 0.6) is 0 Å². The molecule has 1 amide bonds. The molecule has 1 aliphatic rings. The first kappa shape index (κ1) is 19.0. The molecule has 1 N–H and O–H groups in total. The van der Waals surface area contributed by atoms with Gasteiger partial charge in [0.2, 0.25) is 5.91 Å². The Morgan fingerprint density at radius 2 is 1.96 bits per heavy atom. The summed E-state index contributed by atoms with van der Waals surface area (Å²) in [5.74, 6) is -0.187. The highest BCUT2D eigenvalue weighted by molar-refractivity contribution is 7.09. The summed E-state index contributed by atoms with van der Waals surface area (Å²) in [5, 5.41) is 5.95. The molecule has 1 aliphatic heterocycles. The van der Waals surface area contributed by atoms with Gasteiger partial charge < -0.3 is 5.32 Å². The molecule has 1 aromatic carbocycles. The fraction of sp³-hybridized carbons (Fsp3) is 0.500. The molecule has 0 unspecified atom stereocenters. The molecule has 1 saturated heterocycles. The van der Waals surface area contributed by atoms with E-state index in [2.05, 4.69) is 29.0 Å². The van der Waals surface area contributed by atoms with Crippen molar-refractivity contribution < 1.29 is 9.18 Å². The molecule has 0 saturated carbocycles. The molecule has 0 spiro atoms. The molecular formula is C20H26FN3OS. The molecule has 1 aromatic heterocycles. The Balaban J connectivity index is 1.46. The van der Waals surface area contributed by atoms with E-state index in [0.29, 0.717) is 19.4 Å². The maximum absolute atomic E-state index is 13.0. The Labute approximate surface area is 158 Å². The van der Waals surface area contributed by atoms with Crippen LogP contribution in [-0.4, -0.2) is 41.0 Å². The van der Waals surface area contributed by atoms with Crippen LogP contribution >= 0.6 is 11.3 Å². The van der Waals surface area contributed by atoms with Gasteiger partial charge in [0.1, 0.15) is 5.82 Å². The Morgan fingerprint density at radius 3 is 2.65 bits per heavy atom. The number of nitrogens with one attached hydrogen (secondary N) is 1. The van der Waals surface area contributed by atoms with Crippen LogP contribution in [0.2, 0.25) is 0 Å². The van der Waals surface area contributed by atoms with Crippen molar-refractivity contribution in [1.82, 2.24) is 15.2 Å². The Morgan fingerprint density at radius 1 is 1.27 bits per heavy atom. The van der Waals surface area contributed by atoms with Crippen LogP contribution in [0.4, 0.5) is 4.39 Å². The number of benzene rings is 1. The first-order valence-corrected chi connectivity index (χ1v) is 10.0. The summed E-state index contributed by atoms with van der Waals surface area (Å²) >= 11 is 1.54. The average molecular weight is 376 g/mol. The number of amides is 1. The second kappa shape index (κ2) is 8.27. The normalized spacial score (nSPS) is 15.3. The lowest BCUT2D eigenvalue weighted by atomic mass is 10.0. The number of nitrogens with zero attached hydrogens (tertiary/aromatic N) is 2. The van der Waals surface area contributed by atoms with E-state index in [-0.39, 0.29) is 17.3 Å². The van der Waals surface area contributed by atoms with E-state index in [9.17, 15) is 9.18 Å². The predicted octanol–water partition coefficient (Wildman–Crippen LogP) is 3.87. The summed E-state index contributed by atoms with van der Waals surface area (Å²) in [6, 6.07) is 6.32. The lowest BCUT2D eigenvalue weighted by Gasteiger charge is -2.35. The molecular weight excluding hydrogens is 349 g/mol. The molecule has 26 heavy (non-hydrogen) atoms. The first-order chi connectivity index (χ1) is 12.4. The van der Waals surface area contributed by atoms with Gasteiger partial charge in [0.15, 0.2) is 0 Å². The van der Waals surface area contributed by atoms with Gasteiger partial charge >= 0.3 is 0 Å². The molecule has 2 aromatic rings. The molecule has 2 heterocycles. The van der Waals surface area contributed by atoms with Gasteiger partial charge in [-0.25, -0.2) is 9.37 Å². The number of carbonyl (C=O) groups is 1. The second-order valence-electron chi connectivity index (χ2n) is 7.42. The fourth-order valence-corrected chi connectivity index (χ4v) is 4.04. The number of aromatic nitrogens is 1. The van der Waals surface area contributed by atoms with E-state index >= 15 is 0 Å². The van der Waals surface area contributed by atoms with Gasteiger partial charge in [-0.3, -0.25) is 9.69 Å². The molecule has 0 radical (unpaired) electrons. The summed E-state index contributed by atoms with van der Waals surface area (Å²) in [7, 11) is 0. The van der Waals surface area contributed by atoms with Crippen molar-refractivity contribution in [1.29, 1.82) is 0 Å². The lowest BCUT2D eigenvalue weighted by Crippen LogP contribution is -2.50. The van der Waals surface area contributed by atoms with Crippen LogP contribution in [0.15, 0.2) is 29.6 Å². The van der Waals surface area contributed by atoms with Gasteiger partial charge in [0.05, 0.1) is 10.7 Å². The zero-order valence-electron chi connectivity index (χ0n) is 15.4. The number of thiazole rings is 1. The highest BCUT2D eigenvalue weighted by Crippen LogP contribution is 2.23. The van der Waals surface area contributed by atoms with Crippen molar-refractivity contribution in [2.45, 2.75) is 45.1 Å². The molecule has 6 heteroatoms. The van der Waals surface area contributed by atoms with Gasteiger partial charge in [-0.05, 0) is 64.0 Å². The summed E-state index contributed by atoms with van der Waals surface area (Å²) in [6.07, 6.45) is 3.56. The van der Waals surface area contributed by atoms with E-state index in [1.54, 1.807) is 23.5 Å². The topological polar surface area (TPSA) is 45.2 Å². The van der Waals surface area contributed by atoms with E-state index in [4.69, 9.17) is 0 Å². The largest absolute Gasteiger partial charge is 0.354 e. The van der Waals surface area contributed by atoms with E-state index < -0.39 is 0 Å². The van der Waals surface area contributed by atoms with Crippen LogP contribution in [-0.2, 0) is 11.2 Å². The van der Waals surface area contributed by atoms with Crippen molar-refractivity contribution in [3.05, 3.63) is 40.5 Å². The van der Waals surface area contributed by atoms with Crippen molar-refractivity contribution >= 4 is 17.2 Å². The number of hydrogen-bond acceptors (Lipinski definition) is 4. The lowest BCUT2D eigenvalue weighted by molar-refractivity contribution is -0.121. The number of aryl methyl sites for hydroxylation is 1. The maximum Gasteiger partial charge on any atom is 0.220 e. The second-order valence-corrected chi connectivity index (χ2v) is 8.36. The zero-order chi connectivity index (χ0) is 18.6. The van der Waals surface area contributed by atoms with Gasteiger partial charge in [-0.15, -0.1) is 11.3 Å². The number of likely N-dealkylation sites (tertiary alicyclic amines) is 1. The Hall–Kier alpha value is -1.79. The maximum atomic E-state index is 13.0. The van der Waals surface area contributed by atoms with Crippen molar-refractivity contribution in [2.75, 3.05) is 19.6 Å². The first-order valence-electron chi connectivity index (χ1n) is 9.16.